The van der Waals surface area contributed by atoms with Crippen molar-refractivity contribution in [2.75, 3.05) is 13.1 Å². The summed E-state index contributed by atoms with van der Waals surface area (Å²) in [5.74, 6) is 0.267. The fourth-order valence-corrected chi connectivity index (χ4v) is 5.17. The zero-order chi connectivity index (χ0) is 23.0. The van der Waals surface area contributed by atoms with Gasteiger partial charge in [-0.25, -0.2) is 8.42 Å². The Morgan fingerprint density at radius 2 is 1.77 bits per heavy atom. The normalized spacial score (nSPS) is 15.8. The standard InChI is InChI=1S/C23H34N4O3S/c1-7-26(8-2)31(29,30)19-13-11-17(12-14-19)16(3)24-22(28)20-15-21(18-9-10-18)27(25-20)23(4,5)6/h11-16,18H,7-10H2,1-6H3,(H,24,28). The van der Waals surface area contributed by atoms with Crippen molar-refractivity contribution in [3.63, 3.8) is 0 Å². The second-order valence-corrected chi connectivity index (χ2v) is 11.1. The van der Waals surface area contributed by atoms with Crippen molar-refractivity contribution in [3.8, 4) is 0 Å². The molecule has 1 amide bonds. The summed E-state index contributed by atoms with van der Waals surface area (Å²) in [5, 5.41) is 7.59. The van der Waals surface area contributed by atoms with Gasteiger partial charge in [0.1, 0.15) is 5.69 Å². The Balaban J connectivity index is 1.75. The number of amides is 1. The summed E-state index contributed by atoms with van der Waals surface area (Å²) in [7, 11) is -3.49. The molecule has 1 aliphatic carbocycles. The molecule has 1 fully saturated rings. The van der Waals surface area contributed by atoms with Crippen molar-refractivity contribution in [3.05, 3.63) is 47.3 Å². The largest absolute Gasteiger partial charge is 0.344 e. The number of aromatic nitrogens is 2. The molecule has 170 valence electrons. The molecule has 31 heavy (non-hydrogen) atoms. The molecule has 0 radical (unpaired) electrons. The van der Waals surface area contributed by atoms with E-state index < -0.39 is 10.0 Å². The molecule has 7 nitrogen and oxygen atoms in total. The van der Waals surface area contributed by atoms with E-state index in [-0.39, 0.29) is 22.4 Å². The Kier molecular flexibility index (Phi) is 6.62. The minimum absolute atomic E-state index is 0.186. The predicted octanol–water partition coefficient (Wildman–Crippen LogP) is 4.04. The molecular formula is C23H34N4O3S. The Labute approximate surface area is 185 Å². The highest BCUT2D eigenvalue weighted by atomic mass is 32.2. The van der Waals surface area contributed by atoms with Gasteiger partial charge in [-0.1, -0.05) is 26.0 Å². The fraction of sp³-hybridized carbons (Fsp3) is 0.565. The number of rotatable bonds is 8. The summed E-state index contributed by atoms with van der Waals surface area (Å²) >= 11 is 0. The van der Waals surface area contributed by atoms with Gasteiger partial charge in [-0.05, 0) is 64.3 Å². The number of hydrogen-bond donors (Lipinski definition) is 1. The van der Waals surface area contributed by atoms with Crippen LogP contribution in [0.4, 0.5) is 0 Å². The van der Waals surface area contributed by atoms with E-state index in [1.54, 1.807) is 24.3 Å². The van der Waals surface area contributed by atoms with Gasteiger partial charge in [0, 0.05) is 24.7 Å². The Bertz CT molecular complexity index is 1030. The molecule has 1 heterocycles. The van der Waals surface area contributed by atoms with E-state index in [1.807, 2.05) is 31.5 Å². The number of nitrogens with zero attached hydrogens (tertiary/aromatic N) is 3. The van der Waals surface area contributed by atoms with E-state index in [2.05, 4.69) is 31.2 Å². The smallest absolute Gasteiger partial charge is 0.272 e. The van der Waals surface area contributed by atoms with E-state index in [1.165, 1.54) is 4.31 Å². The Morgan fingerprint density at radius 1 is 1.19 bits per heavy atom. The van der Waals surface area contributed by atoms with Gasteiger partial charge in [-0.15, -0.1) is 0 Å². The third-order valence-corrected chi connectivity index (χ3v) is 7.74. The van der Waals surface area contributed by atoms with Crippen LogP contribution in [0.2, 0.25) is 0 Å². The van der Waals surface area contributed by atoms with Gasteiger partial charge in [-0.2, -0.15) is 9.40 Å². The Hall–Kier alpha value is -2.19. The first-order valence-corrected chi connectivity index (χ1v) is 12.4. The maximum Gasteiger partial charge on any atom is 0.272 e. The third kappa shape index (κ3) is 5.01. The molecule has 3 rings (SSSR count). The zero-order valence-electron chi connectivity index (χ0n) is 19.3. The molecule has 1 aromatic heterocycles. The second kappa shape index (κ2) is 8.74. The van der Waals surface area contributed by atoms with Crippen LogP contribution < -0.4 is 5.32 Å². The van der Waals surface area contributed by atoms with Gasteiger partial charge in [-0.3, -0.25) is 9.48 Å². The maximum atomic E-state index is 12.9. The van der Waals surface area contributed by atoms with Crippen LogP contribution in [-0.4, -0.2) is 41.5 Å². The van der Waals surface area contributed by atoms with E-state index in [0.717, 1.165) is 24.1 Å². The number of nitrogens with one attached hydrogen (secondary N) is 1. The molecule has 1 saturated carbocycles. The highest BCUT2D eigenvalue weighted by molar-refractivity contribution is 7.89. The van der Waals surface area contributed by atoms with Crippen LogP contribution in [0.3, 0.4) is 0 Å². The van der Waals surface area contributed by atoms with Gasteiger partial charge in [0.25, 0.3) is 5.91 Å². The lowest BCUT2D eigenvalue weighted by molar-refractivity contribution is 0.0933. The van der Waals surface area contributed by atoms with Gasteiger partial charge >= 0.3 is 0 Å². The van der Waals surface area contributed by atoms with Gasteiger partial charge in [0.05, 0.1) is 16.5 Å². The topological polar surface area (TPSA) is 84.3 Å². The molecule has 1 aliphatic rings. The molecule has 0 bridgehead atoms. The van der Waals surface area contributed by atoms with Crippen molar-refractivity contribution in [2.24, 2.45) is 0 Å². The van der Waals surface area contributed by atoms with Crippen LogP contribution in [0.25, 0.3) is 0 Å². The molecule has 0 spiro atoms. The summed E-state index contributed by atoms with van der Waals surface area (Å²) < 4.78 is 28.7. The molecule has 1 unspecified atom stereocenters. The summed E-state index contributed by atoms with van der Waals surface area (Å²) in [4.78, 5) is 13.1. The van der Waals surface area contributed by atoms with Crippen molar-refractivity contribution in [2.45, 2.75) is 76.8 Å². The van der Waals surface area contributed by atoms with Crippen LogP contribution in [0.5, 0.6) is 0 Å². The molecule has 0 aliphatic heterocycles. The van der Waals surface area contributed by atoms with E-state index in [9.17, 15) is 13.2 Å². The fourth-order valence-electron chi connectivity index (χ4n) is 3.71. The molecule has 2 aromatic rings. The third-order valence-electron chi connectivity index (χ3n) is 5.67. The average Bonchev–Trinajstić information content (AvgIpc) is 3.45. The Morgan fingerprint density at radius 3 is 2.26 bits per heavy atom. The number of hydrogen-bond acceptors (Lipinski definition) is 4. The van der Waals surface area contributed by atoms with Crippen molar-refractivity contribution in [1.82, 2.24) is 19.4 Å². The van der Waals surface area contributed by atoms with Crippen molar-refractivity contribution >= 4 is 15.9 Å². The molecule has 0 saturated heterocycles. The highest BCUT2D eigenvalue weighted by Crippen LogP contribution is 2.41. The number of benzene rings is 1. The molecular weight excluding hydrogens is 412 g/mol. The van der Waals surface area contributed by atoms with Crippen LogP contribution >= 0.6 is 0 Å². The van der Waals surface area contributed by atoms with E-state index in [4.69, 9.17) is 0 Å². The number of carbonyl (C=O) groups excluding carboxylic acids is 1. The SMILES string of the molecule is CCN(CC)S(=O)(=O)c1ccc(C(C)NC(=O)c2cc(C3CC3)n(C(C)(C)C)n2)cc1. The number of sulfonamides is 1. The van der Waals surface area contributed by atoms with Crippen LogP contribution in [-0.2, 0) is 15.6 Å². The molecule has 1 atom stereocenters. The number of carbonyl (C=O) groups is 1. The maximum absolute atomic E-state index is 12.9. The summed E-state index contributed by atoms with van der Waals surface area (Å²) in [6.07, 6.45) is 2.28. The van der Waals surface area contributed by atoms with E-state index in [0.29, 0.717) is 24.7 Å². The first kappa shape index (κ1) is 23.5. The summed E-state index contributed by atoms with van der Waals surface area (Å²) in [6, 6.07) is 8.35. The summed E-state index contributed by atoms with van der Waals surface area (Å²) in [5.41, 5.74) is 2.19. The van der Waals surface area contributed by atoms with Gasteiger partial charge in [0.2, 0.25) is 10.0 Å². The second-order valence-electron chi connectivity index (χ2n) is 9.16. The molecule has 1 aromatic carbocycles. The monoisotopic (exact) mass is 446 g/mol. The highest BCUT2D eigenvalue weighted by Gasteiger charge is 2.32. The lowest BCUT2D eigenvalue weighted by Crippen LogP contribution is -2.30. The first-order chi connectivity index (χ1) is 14.5. The predicted molar refractivity (Wildman–Crippen MR) is 122 cm³/mol. The minimum atomic E-state index is -3.49. The average molecular weight is 447 g/mol. The molecule has 8 heteroatoms. The summed E-state index contributed by atoms with van der Waals surface area (Å²) in [6.45, 7) is 12.6. The van der Waals surface area contributed by atoms with Crippen LogP contribution in [0.1, 0.15) is 88.1 Å². The zero-order valence-corrected chi connectivity index (χ0v) is 20.2. The van der Waals surface area contributed by atoms with Crippen molar-refractivity contribution in [1.29, 1.82) is 0 Å². The van der Waals surface area contributed by atoms with Crippen LogP contribution in [0.15, 0.2) is 35.2 Å². The lowest BCUT2D eigenvalue weighted by atomic mass is 10.1. The first-order valence-electron chi connectivity index (χ1n) is 11.0. The van der Waals surface area contributed by atoms with Crippen LogP contribution in [0, 0.1) is 0 Å². The van der Waals surface area contributed by atoms with Crippen molar-refractivity contribution < 1.29 is 13.2 Å². The quantitative estimate of drug-likeness (QED) is 0.663. The van der Waals surface area contributed by atoms with Gasteiger partial charge in [0.15, 0.2) is 0 Å². The minimum Gasteiger partial charge on any atom is -0.344 e. The van der Waals surface area contributed by atoms with Gasteiger partial charge < -0.3 is 5.32 Å². The lowest BCUT2D eigenvalue weighted by Gasteiger charge is -2.22. The molecule has 1 N–H and O–H groups in total. The van der Waals surface area contributed by atoms with E-state index >= 15 is 0 Å².